The van der Waals surface area contributed by atoms with Gasteiger partial charge in [0.15, 0.2) is 5.69 Å². The summed E-state index contributed by atoms with van der Waals surface area (Å²) in [6.07, 6.45) is 0. The van der Waals surface area contributed by atoms with E-state index in [4.69, 9.17) is 9.52 Å². The molecular formula is C11H7BrFNO3. The zero-order valence-electron chi connectivity index (χ0n) is 8.70. The molecule has 1 N–H and O–H groups in total. The maximum absolute atomic E-state index is 13.5. The van der Waals surface area contributed by atoms with Crippen LogP contribution >= 0.6 is 15.9 Å². The predicted octanol–water partition coefficient (Wildman–Crippen LogP) is 3.25. The van der Waals surface area contributed by atoms with Gasteiger partial charge < -0.3 is 9.52 Å². The molecule has 1 aromatic carbocycles. The Hall–Kier alpha value is -1.69. The Balaban J connectivity index is 2.57. The Morgan fingerprint density at radius 3 is 2.82 bits per heavy atom. The molecule has 0 fully saturated rings. The first kappa shape index (κ1) is 11.8. The maximum atomic E-state index is 13.5. The van der Waals surface area contributed by atoms with Gasteiger partial charge in [-0.15, -0.1) is 0 Å². The fourth-order valence-electron chi connectivity index (χ4n) is 1.37. The van der Waals surface area contributed by atoms with Crippen LogP contribution in [-0.4, -0.2) is 16.1 Å². The van der Waals surface area contributed by atoms with Crippen molar-refractivity contribution in [2.75, 3.05) is 0 Å². The summed E-state index contributed by atoms with van der Waals surface area (Å²) < 4.78 is 19.3. The predicted molar refractivity (Wildman–Crippen MR) is 61.3 cm³/mol. The minimum Gasteiger partial charge on any atom is -0.476 e. The lowest BCUT2D eigenvalue weighted by molar-refractivity contribution is 0.0689. The molecule has 0 bridgehead atoms. The number of rotatable bonds is 2. The molecule has 1 heterocycles. The number of hydrogen-bond donors (Lipinski definition) is 1. The summed E-state index contributed by atoms with van der Waals surface area (Å²) in [7, 11) is 0. The van der Waals surface area contributed by atoms with Crippen LogP contribution in [0.3, 0.4) is 0 Å². The quantitative estimate of drug-likeness (QED) is 0.924. The number of aromatic nitrogens is 1. The normalized spacial score (nSPS) is 10.5. The number of benzene rings is 1. The standard InChI is InChI=1S/C11H7BrFNO3/c1-5-9(11(15)16)14-10(17-5)7-4-6(12)2-3-8(7)13/h2-4H,1H3,(H,15,16). The van der Waals surface area contributed by atoms with Crippen molar-refractivity contribution in [1.82, 2.24) is 4.98 Å². The number of hydrogen-bond acceptors (Lipinski definition) is 3. The summed E-state index contributed by atoms with van der Waals surface area (Å²) in [5, 5.41) is 8.82. The topological polar surface area (TPSA) is 63.3 Å². The van der Waals surface area contributed by atoms with Crippen molar-refractivity contribution in [2.45, 2.75) is 6.92 Å². The fraction of sp³-hybridized carbons (Fsp3) is 0.0909. The van der Waals surface area contributed by atoms with E-state index < -0.39 is 11.8 Å². The fourth-order valence-corrected chi connectivity index (χ4v) is 1.73. The SMILES string of the molecule is Cc1oc(-c2cc(Br)ccc2F)nc1C(=O)O. The lowest BCUT2D eigenvalue weighted by Gasteiger charge is -1.98. The molecule has 0 spiro atoms. The molecule has 88 valence electrons. The highest BCUT2D eigenvalue weighted by Crippen LogP contribution is 2.27. The number of aromatic carboxylic acids is 1. The summed E-state index contributed by atoms with van der Waals surface area (Å²) in [6, 6.07) is 4.26. The molecule has 0 aliphatic carbocycles. The number of aryl methyl sites for hydroxylation is 1. The first-order chi connectivity index (χ1) is 7.99. The summed E-state index contributed by atoms with van der Waals surface area (Å²) in [5.74, 6) is -1.62. The van der Waals surface area contributed by atoms with Crippen molar-refractivity contribution in [3.8, 4) is 11.5 Å². The van der Waals surface area contributed by atoms with E-state index in [0.29, 0.717) is 4.47 Å². The summed E-state index contributed by atoms with van der Waals surface area (Å²) in [6.45, 7) is 1.47. The van der Waals surface area contributed by atoms with Crippen molar-refractivity contribution in [3.63, 3.8) is 0 Å². The summed E-state index contributed by atoms with van der Waals surface area (Å²) in [4.78, 5) is 14.5. The zero-order valence-corrected chi connectivity index (χ0v) is 10.3. The van der Waals surface area contributed by atoms with Crippen molar-refractivity contribution in [3.05, 3.63) is 39.9 Å². The van der Waals surface area contributed by atoms with Gasteiger partial charge in [-0.2, -0.15) is 0 Å². The average Bonchev–Trinajstić information content (AvgIpc) is 2.64. The Bertz CT molecular complexity index is 594. The Morgan fingerprint density at radius 1 is 1.53 bits per heavy atom. The van der Waals surface area contributed by atoms with Crippen LogP contribution in [0.15, 0.2) is 27.1 Å². The minimum atomic E-state index is -1.20. The second kappa shape index (κ2) is 4.29. The van der Waals surface area contributed by atoms with Crippen molar-refractivity contribution in [2.24, 2.45) is 0 Å². The van der Waals surface area contributed by atoms with Gasteiger partial charge in [0.2, 0.25) is 5.89 Å². The van der Waals surface area contributed by atoms with Gasteiger partial charge in [-0.05, 0) is 25.1 Å². The van der Waals surface area contributed by atoms with Crippen molar-refractivity contribution < 1.29 is 18.7 Å². The smallest absolute Gasteiger partial charge is 0.358 e. The van der Waals surface area contributed by atoms with E-state index in [9.17, 15) is 9.18 Å². The molecule has 1 aromatic heterocycles. The lowest BCUT2D eigenvalue weighted by Crippen LogP contribution is -1.98. The first-order valence-electron chi connectivity index (χ1n) is 4.65. The largest absolute Gasteiger partial charge is 0.476 e. The first-order valence-corrected chi connectivity index (χ1v) is 5.44. The van der Waals surface area contributed by atoms with Gasteiger partial charge >= 0.3 is 5.97 Å². The van der Waals surface area contributed by atoms with Crippen LogP contribution in [0.2, 0.25) is 0 Å². The van der Waals surface area contributed by atoms with Gasteiger partial charge in [0, 0.05) is 4.47 Å². The third-order valence-corrected chi connectivity index (χ3v) is 2.65. The molecule has 0 atom stereocenters. The second-order valence-electron chi connectivity index (χ2n) is 3.35. The maximum Gasteiger partial charge on any atom is 0.358 e. The molecule has 0 aliphatic heterocycles. The van der Waals surface area contributed by atoms with Gasteiger partial charge in [0.1, 0.15) is 11.6 Å². The zero-order chi connectivity index (χ0) is 12.6. The molecule has 0 radical (unpaired) electrons. The third kappa shape index (κ3) is 2.21. The Kier molecular flexibility index (Phi) is 2.97. The number of nitrogens with zero attached hydrogens (tertiary/aromatic N) is 1. The van der Waals surface area contributed by atoms with E-state index in [1.165, 1.54) is 25.1 Å². The van der Waals surface area contributed by atoms with Crippen LogP contribution in [0, 0.1) is 12.7 Å². The number of carboxylic acids is 1. The van der Waals surface area contributed by atoms with Crippen LogP contribution in [0.4, 0.5) is 4.39 Å². The molecule has 0 amide bonds. The van der Waals surface area contributed by atoms with E-state index >= 15 is 0 Å². The molecule has 6 heteroatoms. The van der Waals surface area contributed by atoms with Gasteiger partial charge in [-0.1, -0.05) is 15.9 Å². The van der Waals surface area contributed by atoms with Gasteiger partial charge in [-0.25, -0.2) is 14.2 Å². The highest BCUT2D eigenvalue weighted by molar-refractivity contribution is 9.10. The number of carbonyl (C=O) groups is 1. The summed E-state index contributed by atoms with van der Waals surface area (Å²) >= 11 is 3.20. The molecule has 0 saturated heterocycles. The van der Waals surface area contributed by atoms with Crippen molar-refractivity contribution in [1.29, 1.82) is 0 Å². The van der Waals surface area contributed by atoms with Gasteiger partial charge in [-0.3, -0.25) is 0 Å². The van der Waals surface area contributed by atoms with Crippen LogP contribution in [-0.2, 0) is 0 Å². The van der Waals surface area contributed by atoms with E-state index in [2.05, 4.69) is 20.9 Å². The molecule has 2 rings (SSSR count). The molecule has 4 nitrogen and oxygen atoms in total. The molecule has 17 heavy (non-hydrogen) atoms. The molecule has 0 saturated carbocycles. The van der Waals surface area contributed by atoms with Crippen LogP contribution in [0.1, 0.15) is 16.2 Å². The second-order valence-corrected chi connectivity index (χ2v) is 4.27. The van der Waals surface area contributed by atoms with E-state index in [1.807, 2.05) is 0 Å². The Morgan fingerprint density at radius 2 is 2.24 bits per heavy atom. The highest BCUT2D eigenvalue weighted by Gasteiger charge is 2.19. The third-order valence-electron chi connectivity index (χ3n) is 2.16. The monoisotopic (exact) mass is 299 g/mol. The average molecular weight is 300 g/mol. The van der Waals surface area contributed by atoms with E-state index in [0.717, 1.165) is 0 Å². The van der Waals surface area contributed by atoms with Crippen molar-refractivity contribution >= 4 is 21.9 Å². The van der Waals surface area contributed by atoms with Crippen LogP contribution < -0.4 is 0 Å². The van der Waals surface area contributed by atoms with Crippen LogP contribution in [0.5, 0.6) is 0 Å². The number of halogens is 2. The van der Waals surface area contributed by atoms with Gasteiger partial charge in [0.25, 0.3) is 0 Å². The van der Waals surface area contributed by atoms with Gasteiger partial charge in [0.05, 0.1) is 5.56 Å². The van der Waals surface area contributed by atoms with Crippen LogP contribution in [0.25, 0.3) is 11.5 Å². The minimum absolute atomic E-state index is 0.0429. The Labute approximate surface area is 104 Å². The highest BCUT2D eigenvalue weighted by atomic mass is 79.9. The van der Waals surface area contributed by atoms with E-state index in [-0.39, 0.29) is 22.9 Å². The lowest BCUT2D eigenvalue weighted by atomic mass is 10.2. The number of carboxylic acid groups (broad SMARTS) is 1. The molecule has 2 aromatic rings. The molecule has 0 aliphatic rings. The molecule has 0 unspecified atom stereocenters. The van der Waals surface area contributed by atoms with E-state index in [1.54, 1.807) is 0 Å². The molecular weight excluding hydrogens is 293 g/mol. The number of oxazole rings is 1. The summed E-state index contributed by atoms with van der Waals surface area (Å²) in [5.41, 5.74) is -0.0886.